The molecule has 98 valence electrons. The third-order valence-electron chi connectivity index (χ3n) is 2.97. The second-order valence-electron chi connectivity index (χ2n) is 4.26. The molecule has 6 heteroatoms. The minimum absolute atomic E-state index is 0.434. The minimum atomic E-state index is 0.434. The van der Waals surface area contributed by atoms with Gasteiger partial charge in [-0.1, -0.05) is 23.2 Å². The lowest BCUT2D eigenvalue weighted by Crippen LogP contribution is -1.90. The van der Waals surface area contributed by atoms with Crippen molar-refractivity contribution >= 4 is 66.2 Å². The molecule has 3 aromatic heterocycles. The van der Waals surface area contributed by atoms with E-state index in [1.165, 1.54) is 9.40 Å². The zero-order valence-electron chi connectivity index (χ0n) is 9.93. The molecular weight excluding hydrogens is 331 g/mol. The van der Waals surface area contributed by atoms with Crippen LogP contribution in [0.2, 0.25) is 10.2 Å². The molecule has 0 fully saturated rings. The number of hydrogen-bond donors (Lipinski definition) is 0. The molecule has 0 N–H and O–H groups in total. The first-order valence-electron chi connectivity index (χ1n) is 5.81. The average molecular weight is 337 g/mol. The van der Waals surface area contributed by atoms with Crippen LogP contribution in [-0.2, 0) is 0 Å². The molecule has 0 amide bonds. The monoisotopic (exact) mass is 336 g/mol. The Hall–Kier alpha value is -1.20. The summed E-state index contributed by atoms with van der Waals surface area (Å²) < 4.78 is 2.50. The van der Waals surface area contributed by atoms with E-state index in [-0.39, 0.29) is 0 Å². The van der Waals surface area contributed by atoms with E-state index >= 15 is 0 Å². The molecule has 4 aromatic rings. The van der Waals surface area contributed by atoms with Crippen LogP contribution in [0.3, 0.4) is 0 Å². The van der Waals surface area contributed by atoms with Gasteiger partial charge in [-0.3, -0.25) is 0 Å². The van der Waals surface area contributed by atoms with E-state index in [4.69, 9.17) is 23.2 Å². The molecule has 1 aromatic carbocycles. The highest BCUT2D eigenvalue weighted by Gasteiger charge is 2.11. The van der Waals surface area contributed by atoms with E-state index in [2.05, 4.69) is 27.5 Å². The van der Waals surface area contributed by atoms with Crippen molar-refractivity contribution in [3.8, 4) is 10.7 Å². The minimum Gasteiger partial charge on any atom is -0.227 e. The highest BCUT2D eigenvalue weighted by atomic mass is 35.5. The summed E-state index contributed by atoms with van der Waals surface area (Å²) in [7, 11) is 0. The lowest BCUT2D eigenvalue weighted by Gasteiger charge is -2.03. The van der Waals surface area contributed by atoms with E-state index in [9.17, 15) is 0 Å². The summed E-state index contributed by atoms with van der Waals surface area (Å²) in [6, 6.07) is 9.68. The number of rotatable bonds is 1. The number of aromatic nitrogens is 2. The van der Waals surface area contributed by atoms with Gasteiger partial charge < -0.3 is 0 Å². The first-order valence-corrected chi connectivity index (χ1v) is 8.26. The Morgan fingerprint density at radius 3 is 2.70 bits per heavy atom. The molecule has 0 saturated carbocycles. The van der Waals surface area contributed by atoms with Crippen LogP contribution in [-0.4, -0.2) is 9.97 Å². The van der Waals surface area contributed by atoms with Crippen molar-refractivity contribution < 1.29 is 0 Å². The maximum absolute atomic E-state index is 6.25. The van der Waals surface area contributed by atoms with Crippen LogP contribution in [0, 0.1) is 0 Å². The van der Waals surface area contributed by atoms with Gasteiger partial charge >= 0.3 is 0 Å². The van der Waals surface area contributed by atoms with E-state index < -0.39 is 0 Å². The molecule has 4 rings (SSSR count). The standard InChI is InChI=1S/C14H6Cl2N2S2/c15-7-1-2-9-8(5-7)13(16)18-14(17-9)12-6-11-10(20-12)3-4-19-11/h1-6H. The van der Waals surface area contributed by atoms with Crippen LogP contribution >= 0.6 is 45.9 Å². The Morgan fingerprint density at radius 1 is 0.950 bits per heavy atom. The summed E-state index contributed by atoms with van der Waals surface area (Å²) in [5.41, 5.74) is 0.807. The molecule has 0 saturated heterocycles. The molecule has 0 aliphatic carbocycles. The Balaban J connectivity index is 1.96. The zero-order chi connectivity index (χ0) is 13.7. The van der Waals surface area contributed by atoms with Crippen molar-refractivity contribution in [2.45, 2.75) is 0 Å². The van der Waals surface area contributed by atoms with Gasteiger partial charge in [0.15, 0.2) is 5.82 Å². The number of benzene rings is 1. The van der Waals surface area contributed by atoms with E-state index in [0.717, 1.165) is 15.8 Å². The summed E-state index contributed by atoms with van der Waals surface area (Å²) in [5.74, 6) is 0.665. The Kier molecular flexibility index (Phi) is 2.93. The zero-order valence-corrected chi connectivity index (χ0v) is 13.1. The first-order chi connectivity index (χ1) is 9.70. The van der Waals surface area contributed by atoms with E-state index in [0.29, 0.717) is 16.0 Å². The van der Waals surface area contributed by atoms with E-state index in [1.54, 1.807) is 28.7 Å². The summed E-state index contributed by atoms with van der Waals surface area (Å²) in [6.07, 6.45) is 0. The number of halogens is 2. The first kappa shape index (κ1) is 12.5. The molecule has 0 unspecified atom stereocenters. The molecule has 0 aliphatic rings. The summed E-state index contributed by atoms with van der Waals surface area (Å²) in [4.78, 5) is 10.0. The van der Waals surface area contributed by atoms with Gasteiger partial charge in [-0.25, -0.2) is 9.97 Å². The van der Waals surface area contributed by atoms with Crippen LogP contribution in [0.15, 0.2) is 35.7 Å². The fourth-order valence-electron chi connectivity index (χ4n) is 2.05. The largest absolute Gasteiger partial charge is 0.227 e. The highest BCUT2D eigenvalue weighted by Crippen LogP contribution is 2.36. The second kappa shape index (κ2) is 4.67. The fraction of sp³-hybridized carbons (Fsp3) is 0. The molecule has 0 spiro atoms. The predicted octanol–water partition coefficient (Wildman–Crippen LogP) is 5.88. The average Bonchev–Trinajstić information content (AvgIpc) is 3.00. The lowest BCUT2D eigenvalue weighted by molar-refractivity contribution is 1.24. The lowest BCUT2D eigenvalue weighted by atomic mass is 10.2. The van der Waals surface area contributed by atoms with Crippen molar-refractivity contribution in [3.05, 3.63) is 45.9 Å². The molecule has 2 nitrogen and oxygen atoms in total. The smallest absolute Gasteiger partial charge is 0.171 e. The summed E-state index contributed by atoms with van der Waals surface area (Å²) in [6.45, 7) is 0. The van der Waals surface area contributed by atoms with Gasteiger partial charge in [-0.15, -0.1) is 22.7 Å². The molecule has 0 atom stereocenters. The topological polar surface area (TPSA) is 25.8 Å². The number of fused-ring (bicyclic) bond motifs is 2. The Labute approximate surface area is 132 Å². The molecular formula is C14H6Cl2N2S2. The molecule has 20 heavy (non-hydrogen) atoms. The number of nitrogens with zero attached hydrogens (tertiary/aromatic N) is 2. The van der Waals surface area contributed by atoms with Gasteiger partial charge in [0.1, 0.15) is 5.15 Å². The van der Waals surface area contributed by atoms with Gasteiger partial charge in [-0.2, -0.15) is 0 Å². The maximum atomic E-state index is 6.25. The van der Waals surface area contributed by atoms with Crippen molar-refractivity contribution in [3.63, 3.8) is 0 Å². The van der Waals surface area contributed by atoms with Gasteiger partial charge in [0.25, 0.3) is 0 Å². The Morgan fingerprint density at radius 2 is 1.85 bits per heavy atom. The van der Waals surface area contributed by atoms with Crippen LogP contribution in [0.25, 0.3) is 31.0 Å². The van der Waals surface area contributed by atoms with Crippen molar-refractivity contribution in [2.24, 2.45) is 0 Å². The normalized spacial score (nSPS) is 11.5. The number of hydrogen-bond acceptors (Lipinski definition) is 4. The predicted molar refractivity (Wildman–Crippen MR) is 88.3 cm³/mol. The molecule has 0 bridgehead atoms. The van der Waals surface area contributed by atoms with Crippen molar-refractivity contribution in [1.82, 2.24) is 9.97 Å². The third-order valence-corrected chi connectivity index (χ3v) is 5.58. The Bertz CT molecular complexity index is 914. The molecule has 0 aliphatic heterocycles. The SMILES string of the molecule is Clc1ccc2nc(-c3cc4sccc4s3)nc(Cl)c2c1. The molecule has 0 radical (unpaired) electrons. The summed E-state index contributed by atoms with van der Waals surface area (Å²) in [5, 5.41) is 3.93. The van der Waals surface area contributed by atoms with Gasteiger partial charge in [0.2, 0.25) is 0 Å². The fourth-order valence-corrected chi connectivity index (χ4v) is 4.50. The van der Waals surface area contributed by atoms with Crippen LogP contribution in [0.1, 0.15) is 0 Å². The second-order valence-corrected chi connectivity index (χ2v) is 7.09. The van der Waals surface area contributed by atoms with Gasteiger partial charge in [0.05, 0.1) is 10.4 Å². The quantitative estimate of drug-likeness (QED) is 0.405. The van der Waals surface area contributed by atoms with Gasteiger partial charge in [0, 0.05) is 19.8 Å². The van der Waals surface area contributed by atoms with Crippen LogP contribution in [0.4, 0.5) is 0 Å². The van der Waals surface area contributed by atoms with E-state index in [1.807, 2.05) is 12.1 Å². The molecule has 3 heterocycles. The van der Waals surface area contributed by atoms with Crippen molar-refractivity contribution in [1.29, 1.82) is 0 Å². The van der Waals surface area contributed by atoms with Crippen LogP contribution < -0.4 is 0 Å². The number of thiophene rings is 2. The third kappa shape index (κ3) is 2.00. The highest BCUT2D eigenvalue weighted by molar-refractivity contribution is 7.28. The van der Waals surface area contributed by atoms with Gasteiger partial charge in [-0.05, 0) is 35.7 Å². The van der Waals surface area contributed by atoms with Crippen molar-refractivity contribution in [2.75, 3.05) is 0 Å². The maximum Gasteiger partial charge on any atom is 0.171 e. The van der Waals surface area contributed by atoms with Crippen LogP contribution in [0.5, 0.6) is 0 Å². The summed E-state index contributed by atoms with van der Waals surface area (Å²) >= 11 is 15.6.